The summed E-state index contributed by atoms with van der Waals surface area (Å²) in [4.78, 5) is 0. The maximum absolute atomic E-state index is 12.3. The molecule has 0 fully saturated rings. The summed E-state index contributed by atoms with van der Waals surface area (Å²) in [7, 11) is 1.42. The predicted octanol–water partition coefficient (Wildman–Crippen LogP) is 1.15. The first-order valence-electron chi connectivity index (χ1n) is 4.30. The van der Waals surface area contributed by atoms with Gasteiger partial charge in [-0.1, -0.05) is 0 Å². The molecule has 0 amide bonds. The quantitative estimate of drug-likeness (QED) is 0.529. The van der Waals surface area contributed by atoms with Gasteiger partial charge in [-0.3, -0.25) is 5.41 Å². The topological polar surface area (TPSA) is 68.3 Å². The van der Waals surface area contributed by atoms with Crippen molar-refractivity contribution >= 4 is 5.84 Å². The van der Waals surface area contributed by atoms with Crippen molar-refractivity contribution in [2.75, 3.05) is 20.3 Å². The molecule has 15 heavy (non-hydrogen) atoms. The second-order valence-electron chi connectivity index (χ2n) is 3.15. The second-order valence-corrected chi connectivity index (χ2v) is 3.15. The molecule has 7 heteroatoms. The highest BCUT2D eigenvalue weighted by atomic mass is 19.4. The molecular weight excluding hydrogens is 213 g/mol. The monoisotopic (exact) mass is 228 g/mol. The lowest BCUT2D eigenvalue weighted by Crippen LogP contribution is -2.39. The predicted molar refractivity (Wildman–Crippen MR) is 48.7 cm³/mol. The minimum Gasteiger partial charge on any atom is -0.387 e. The number of ether oxygens (including phenoxy) is 2. The molecule has 3 N–H and O–H groups in total. The maximum Gasteiger partial charge on any atom is 0.400 e. The minimum atomic E-state index is -4.54. The summed E-state index contributed by atoms with van der Waals surface area (Å²) in [6, 6.07) is 0. The van der Waals surface area contributed by atoms with Crippen LogP contribution in [-0.2, 0) is 9.47 Å². The van der Waals surface area contributed by atoms with E-state index < -0.39 is 30.6 Å². The van der Waals surface area contributed by atoms with E-state index in [1.54, 1.807) is 6.92 Å². The molecule has 2 atom stereocenters. The highest BCUT2D eigenvalue weighted by Gasteiger charge is 2.42. The van der Waals surface area contributed by atoms with Crippen LogP contribution in [0.15, 0.2) is 0 Å². The molecule has 0 rings (SSSR count). The highest BCUT2D eigenvalue weighted by molar-refractivity contribution is 5.80. The van der Waals surface area contributed by atoms with Gasteiger partial charge in [0.25, 0.3) is 0 Å². The van der Waals surface area contributed by atoms with E-state index in [1.165, 1.54) is 7.11 Å². The Morgan fingerprint density at radius 1 is 1.40 bits per heavy atom. The van der Waals surface area contributed by atoms with Crippen LogP contribution < -0.4 is 5.73 Å². The molecular formula is C8H15F3N2O2. The largest absolute Gasteiger partial charge is 0.400 e. The van der Waals surface area contributed by atoms with Gasteiger partial charge >= 0.3 is 6.18 Å². The van der Waals surface area contributed by atoms with E-state index >= 15 is 0 Å². The van der Waals surface area contributed by atoms with Crippen LogP contribution in [-0.4, -0.2) is 38.4 Å². The lowest BCUT2D eigenvalue weighted by atomic mass is 10.1. The first-order chi connectivity index (χ1) is 6.79. The maximum atomic E-state index is 12.3. The van der Waals surface area contributed by atoms with E-state index in [4.69, 9.17) is 20.6 Å². The molecule has 90 valence electrons. The SMILES string of the molecule is COCC(C)OCC(C(=N)N)C(F)(F)F. The Balaban J connectivity index is 4.15. The van der Waals surface area contributed by atoms with Crippen molar-refractivity contribution < 1.29 is 22.6 Å². The molecule has 0 aliphatic carbocycles. The van der Waals surface area contributed by atoms with Gasteiger partial charge in [0.2, 0.25) is 0 Å². The Labute approximate surface area is 86.0 Å². The molecule has 0 heterocycles. The van der Waals surface area contributed by atoms with E-state index in [0.717, 1.165) is 0 Å². The van der Waals surface area contributed by atoms with Gasteiger partial charge in [-0.05, 0) is 6.92 Å². The molecule has 2 unspecified atom stereocenters. The summed E-state index contributed by atoms with van der Waals surface area (Å²) >= 11 is 0. The third kappa shape index (κ3) is 5.58. The number of rotatable bonds is 6. The molecule has 4 nitrogen and oxygen atoms in total. The summed E-state index contributed by atoms with van der Waals surface area (Å²) in [5.41, 5.74) is 4.84. The molecule has 0 radical (unpaired) electrons. The number of methoxy groups -OCH3 is 1. The Bertz CT molecular complexity index is 209. The Morgan fingerprint density at radius 3 is 2.27 bits per heavy atom. The van der Waals surface area contributed by atoms with Crippen LogP contribution in [0.3, 0.4) is 0 Å². The number of halogens is 3. The first kappa shape index (κ1) is 14.2. The van der Waals surface area contributed by atoms with Crippen LogP contribution in [0.1, 0.15) is 6.92 Å². The van der Waals surface area contributed by atoms with Gasteiger partial charge in [0.1, 0.15) is 11.8 Å². The fourth-order valence-corrected chi connectivity index (χ4v) is 0.904. The van der Waals surface area contributed by atoms with E-state index in [9.17, 15) is 13.2 Å². The first-order valence-corrected chi connectivity index (χ1v) is 4.30. The lowest BCUT2D eigenvalue weighted by Gasteiger charge is -2.21. The van der Waals surface area contributed by atoms with Gasteiger partial charge in [0.15, 0.2) is 0 Å². The number of nitrogens with two attached hydrogens (primary N) is 1. The number of amidine groups is 1. The molecule has 0 saturated heterocycles. The zero-order valence-electron chi connectivity index (χ0n) is 8.60. The second kappa shape index (κ2) is 5.92. The molecule has 0 aromatic rings. The fourth-order valence-electron chi connectivity index (χ4n) is 0.904. The van der Waals surface area contributed by atoms with Crippen molar-refractivity contribution in [2.24, 2.45) is 11.7 Å². The zero-order chi connectivity index (χ0) is 12.1. The van der Waals surface area contributed by atoms with Crippen LogP contribution in [0.25, 0.3) is 0 Å². The lowest BCUT2D eigenvalue weighted by molar-refractivity contribution is -0.173. The van der Waals surface area contributed by atoms with Crippen LogP contribution in [0.5, 0.6) is 0 Å². The molecule has 0 aliphatic heterocycles. The van der Waals surface area contributed by atoms with Crippen molar-refractivity contribution in [3.8, 4) is 0 Å². The smallest absolute Gasteiger partial charge is 0.387 e. The van der Waals surface area contributed by atoms with Gasteiger partial charge in [-0.2, -0.15) is 13.2 Å². The average molecular weight is 228 g/mol. The Hall–Kier alpha value is -0.820. The van der Waals surface area contributed by atoms with Crippen LogP contribution in [0.2, 0.25) is 0 Å². The molecule has 0 saturated carbocycles. The molecule has 0 aliphatic rings. The van der Waals surface area contributed by atoms with Gasteiger partial charge < -0.3 is 15.2 Å². The number of alkyl halides is 3. The number of nitrogens with one attached hydrogen (secondary N) is 1. The minimum absolute atomic E-state index is 0.197. The Kier molecular flexibility index (Phi) is 5.59. The summed E-state index contributed by atoms with van der Waals surface area (Å²) < 4.78 is 46.4. The average Bonchev–Trinajstić information content (AvgIpc) is 2.01. The van der Waals surface area contributed by atoms with Crippen molar-refractivity contribution in [2.45, 2.75) is 19.2 Å². The number of hydrogen-bond acceptors (Lipinski definition) is 3. The van der Waals surface area contributed by atoms with Gasteiger partial charge in [-0.25, -0.2) is 0 Å². The van der Waals surface area contributed by atoms with E-state index in [-0.39, 0.29) is 6.61 Å². The fraction of sp³-hybridized carbons (Fsp3) is 0.875. The standard InChI is InChI=1S/C8H15F3N2O2/c1-5(3-14-2)15-4-6(7(12)13)8(9,10)11/h5-6H,3-4H2,1-2H3,(H3,12,13). The number of hydrogen-bond donors (Lipinski definition) is 2. The zero-order valence-corrected chi connectivity index (χ0v) is 8.60. The van der Waals surface area contributed by atoms with Crippen LogP contribution >= 0.6 is 0 Å². The third-order valence-corrected chi connectivity index (χ3v) is 1.72. The summed E-state index contributed by atoms with van der Waals surface area (Å²) in [5, 5.41) is 6.80. The van der Waals surface area contributed by atoms with E-state index in [1.807, 2.05) is 0 Å². The van der Waals surface area contributed by atoms with Gasteiger partial charge in [0.05, 0.1) is 19.3 Å². The highest BCUT2D eigenvalue weighted by Crippen LogP contribution is 2.26. The molecule has 0 aromatic heterocycles. The Morgan fingerprint density at radius 2 is 1.93 bits per heavy atom. The molecule has 0 spiro atoms. The van der Waals surface area contributed by atoms with Crippen molar-refractivity contribution in [3.05, 3.63) is 0 Å². The van der Waals surface area contributed by atoms with Crippen LogP contribution in [0, 0.1) is 11.3 Å². The summed E-state index contributed by atoms with van der Waals surface area (Å²) in [5.74, 6) is -2.98. The molecule has 0 bridgehead atoms. The van der Waals surface area contributed by atoms with Crippen molar-refractivity contribution in [1.29, 1.82) is 5.41 Å². The summed E-state index contributed by atoms with van der Waals surface area (Å²) in [6.45, 7) is 1.13. The van der Waals surface area contributed by atoms with Gasteiger partial charge in [-0.15, -0.1) is 0 Å². The normalized spacial score (nSPS) is 16.1. The molecule has 0 aromatic carbocycles. The van der Waals surface area contributed by atoms with Crippen LogP contribution in [0.4, 0.5) is 13.2 Å². The van der Waals surface area contributed by atoms with Crippen molar-refractivity contribution in [1.82, 2.24) is 0 Å². The summed E-state index contributed by atoms with van der Waals surface area (Å²) in [6.07, 6.45) is -5.00. The van der Waals surface area contributed by atoms with Crippen molar-refractivity contribution in [3.63, 3.8) is 0 Å². The third-order valence-electron chi connectivity index (χ3n) is 1.72. The van der Waals surface area contributed by atoms with E-state index in [2.05, 4.69) is 0 Å². The van der Waals surface area contributed by atoms with E-state index in [0.29, 0.717) is 0 Å². The van der Waals surface area contributed by atoms with Gasteiger partial charge in [0, 0.05) is 7.11 Å².